The van der Waals surface area contributed by atoms with E-state index in [-0.39, 0.29) is 39.8 Å². The van der Waals surface area contributed by atoms with Gasteiger partial charge in [0.1, 0.15) is 0 Å². The molecule has 0 amide bonds. The number of quaternary nitrogens is 1. The third-order valence-corrected chi connectivity index (χ3v) is 8.22. The number of para-hydroxylation sites is 1. The molecule has 6 heteroatoms. The molecular formula is C36H48Br2FN3. The number of hydrogen-bond donors (Lipinski definition) is 1. The fourth-order valence-electron chi connectivity index (χ4n) is 5.69. The number of aromatic nitrogens is 1. The van der Waals surface area contributed by atoms with Crippen molar-refractivity contribution in [1.29, 1.82) is 0 Å². The summed E-state index contributed by atoms with van der Waals surface area (Å²) in [4.78, 5) is 4.11. The van der Waals surface area contributed by atoms with E-state index in [4.69, 9.17) is 0 Å². The lowest BCUT2D eigenvalue weighted by atomic mass is 10.0. The Kier molecular flexibility index (Phi) is 15.7. The van der Waals surface area contributed by atoms with E-state index in [1.807, 2.05) is 24.3 Å². The number of fused-ring (bicyclic) bond motifs is 2. The Bertz CT molecular complexity index is 1410. The standard InChI is InChI=1S/C36H47FN3.2BrH/c1-5-9-24-39(25-10-6-2)31-20-22-32-29(15-13-16-30(32)27-31)19-21-33-34-17-11-12-18-36(34)40(28-35(33)37)26-14-23-38(7-3)8-4;;/h11-13,15-22,27-28H,5-10,14,23-26H2,1-4H3;2*1H/q+1;;/p-1/b21-19+;;. The minimum atomic E-state index is -0.171. The SMILES string of the molecule is CCCCN(CCCC)c1ccc2c(/C=C/c3c(F)c[n+](CCC[NH+](CC)CC)c4ccccc34)cccc2c1.[Br-].[Br-]. The van der Waals surface area contributed by atoms with Gasteiger partial charge in [-0.1, -0.05) is 75.2 Å². The van der Waals surface area contributed by atoms with Crippen LogP contribution in [0.2, 0.25) is 0 Å². The Morgan fingerprint density at radius 3 is 2.19 bits per heavy atom. The van der Waals surface area contributed by atoms with Gasteiger partial charge in [-0.2, -0.15) is 8.96 Å². The molecule has 0 atom stereocenters. The Hall–Kier alpha value is -2.28. The van der Waals surface area contributed by atoms with E-state index in [0.717, 1.165) is 62.2 Å². The van der Waals surface area contributed by atoms with Crippen LogP contribution in [-0.2, 0) is 6.54 Å². The highest BCUT2D eigenvalue weighted by atomic mass is 79.9. The summed E-state index contributed by atoms with van der Waals surface area (Å²) in [5.74, 6) is -0.171. The molecular weight excluding hydrogens is 653 g/mol. The molecule has 0 unspecified atom stereocenters. The lowest BCUT2D eigenvalue weighted by Crippen LogP contribution is -3.11. The lowest BCUT2D eigenvalue weighted by molar-refractivity contribution is -0.898. The maximum Gasteiger partial charge on any atom is 0.213 e. The summed E-state index contributed by atoms with van der Waals surface area (Å²) in [6.45, 7) is 15.3. The second kappa shape index (κ2) is 18.4. The summed E-state index contributed by atoms with van der Waals surface area (Å²) in [7, 11) is 0. The van der Waals surface area contributed by atoms with Gasteiger partial charge in [-0.15, -0.1) is 0 Å². The van der Waals surface area contributed by atoms with Crippen LogP contribution in [0, 0.1) is 5.82 Å². The second-order valence-electron chi connectivity index (χ2n) is 10.9. The molecule has 4 rings (SSSR count). The molecule has 3 aromatic carbocycles. The van der Waals surface area contributed by atoms with Crippen molar-refractivity contribution in [2.75, 3.05) is 37.6 Å². The average Bonchev–Trinajstić information content (AvgIpc) is 2.99. The molecule has 0 spiro atoms. The van der Waals surface area contributed by atoms with Crippen molar-refractivity contribution in [1.82, 2.24) is 0 Å². The minimum Gasteiger partial charge on any atom is -1.00 e. The first-order chi connectivity index (χ1) is 19.6. The number of nitrogens with one attached hydrogen (secondary N) is 1. The topological polar surface area (TPSA) is 11.6 Å². The molecule has 0 fully saturated rings. The molecule has 0 saturated carbocycles. The zero-order valence-electron chi connectivity index (χ0n) is 25.8. The number of hydrogen-bond acceptors (Lipinski definition) is 1. The maximum absolute atomic E-state index is 15.6. The summed E-state index contributed by atoms with van der Waals surface area (Å²) in [6, 6.07) is 21.4. The van der Waals surface area contributed by atoms with Crippen LogP contribution in [0.3, 0.4) is 0 Å². The second-order valence-corrected chi connectivity index (χ2v) is 10.9. The Labute approximate surface area is 274 Å². The number of nitrogens with zero attached hydrogens (tertiary/aromatic N) is 2. The number of rotatable bonds is 15. The van der Waals surface area contributed by atoms with E-state index in [1.165, 1.54) is 42.1 Å². The van der Waals surface area contributed by atoms with Crippen molar-refractivity contribution < 1.29 is 47.8 Å². The first kappa shape index (κ1) is 35.9. The first-order valence-corrected chi connectivity index (χ1v) is 15.5. The van der Waals surface area contributed by atoms with Gasteiger partial charge in [-0.05, 0) is 61.2 Å². The molecule has 0 aliphatic carbocycles. The number of pyridine rings is 1. The van der Waals surface area contributed by atoms with Gasteiger partial charge in [0.2, 0.25) is 11.7 Å². The zero-order chi connectivity index (χ0) is 28.3. The number of anilines is 1. The minimum absolute atomic E-state index is 0. The van der Waals surface area contributed by atoms with E-state index in [0.29, 0.717) is 5.56 Å². The summed E-state index contributed by atoms with van der Waals surface area (Å²) in [5.41, 5.74) is 4.14. The van der Waals surface area contributed by atoms with Crippen LogP contribution in [-0.4, -0.2) is 32.7 Å². The number of halogens is 3. The van der Waals surface area contributed by atoms with Gasteiger partial charge < -0.3 is 43.8 Å². The van der Waals surface area contributed by atoms with Crippen LogP contribution < -0.4 is 48.3 Å². The largest absolute Gasteiger partial charge is 1.00 e. The fraction of sp³-hybridized carbons (Fsp3) is 0.417. The van der Waals surface area contributed by atoms with Gasteiger partial charge in [0.05, 0.1) is 31.4 Å². The number of aryl methyl sites for hydroxylation is 1. The van der Waals surface area contributed by atoms with Crippen LogP contribution >= 0.6 is 0 Å². The molecule has 4 aromatic rings. The van der Waals surface area contributed by atoms with Crippen molar-refractivity contribution in [3.05, 3.63) is 83.8 Å². The molecule has 1 aromatic heterocycles. The van der Waals surface area contributed by atoms with Gasteiger partial charge in [0, 0.05) is 30.4 Å². The van der Waals surface area contributed by atoms with Crippen LogP contribution in [0.15, 0.2) is 66.9 Å². The van der Waals surface area contributed by atoms with Gasteiger partial charge in [-0.3, -0.25) is 0 Å². The molecule has 0 bridgehead atoms. The van der Waals surface area contributed by atoms with E-state index in [1.54, 1.807) is 11.1 Å². The summed E-state index contributed by atoms with van der Waals surface area (Å²) in [6.07, 6.45) is 11.6. The average molecular weight is 702 g/mol. The summed E-state index contributed by atoms with van der Waals surface area (Å²) in [5, 5.41) is 3.38. The van der Waals surface area contributed by atoms with Crippen molar-refractivity contribution in [2.45, 2.75) is 66.3 Å². The number of unbranched alkanes of at least 4 members (excludes halogenated alkanes) is 2. The van der Waals surface area contributed by atoms with Crippen molar-refractivity contribution in [3.8, 4) is 0 Å². The van der Waals surface area contributed by atoms with Gasteiger partial charge >= 0.3 is 0 Å². The molecule has 1 N–H and O–H groups in total. The van der Waals surface area contributed by atoms with Crippen molar-refractivity contribution >= 4 is 39.5 Å². The fourth-order valence-corrected chi connectivity index (χ4v) is 5.69. The third-order valence-electron chi connectivity index (χ3n) is 8.22. The molecule has 0 saturated heterocycles. The van der Waals surface area contributed by atoms with Crippen LogP contribution in [0.4, 0.5) is 10.1 Å². The highest BCUT2D eigenvalue weighted by Crippen LogP contribution is 2.28. The highest BCUT2D eigenvalue weighted by molar-refractivity contribution is 5.96. The van der Waals surface area contributed by atoms with Gasteiger partial charge in [0.15, 0.2) is 12.4 Å². The smallest absolute Gasteiger partial charge is 0.213 e. The zero-order valence-corrected chi connectivity index (χ0v) is 29.0. The molecule has 1 heterocycles. The van der Waals surface area contributed by atoms with E-state index in [2.05, 4.69) is 85.7 Å². The molecule has 3 nitrogen and oxygen atoms in total. The van der Waals surface area contributed by atoms with Crippen molar-refractivity contribution in [3.63, 3.8) is 0 Å². The number of benzene rings is 3. The van der Waals surface area contributed by atoms with Gasteiger partial charge in [-0.25, -0.2) is 0 Å². The first-order valence-electron chi connectivity index (χ1n) is 15.5. The van der Waals surface area contributed by atoms with Crippen LogP contribution in [0.1, 0.15) is 70.9 Å². The highest BCUT2D eigenvalue weighted by Gasteiger charge is 2.17. The molecule has 0 radical (unpaired) electrons. The quantitative estimate of drug-likeness (QED) is 0.185. The molecule has 0 aliphatic rings. The molecule has 0 aliphatic heterocycles. The Morgan fingerprint density at radius 2 is 1.50 bits per heavy atom. The summed E-state index contributed by atoms with van der Waals surface area (Å²) >= 11 is 0. The Balaban J connectivity index is 0.00000308. The van der Waals surface area contributed by atoms with Crippen LogP contribution in [0.25, 0.3) is 33.8 Å². The lowest BCUT2D eigenvalue weighted by Gasteiger charge is -2.25. The molecule has 42 heavy (non-hydrogen) atoms. The van der Waals surface area contributed by atoms with Gasteiger partial charge in [0.25, 0.3) is 0 Å². The van der Waals surface area contributed by atoms with Crippen LogP contribution in [0.5, 0.6) is 0 Å². The van der Waals surface area contributed by atoms with Crippen molar-refractivity contribution in [2.24, 2.45) is 0 Å². The van der Waals surface area contributed by atoms with E-state index < -0.39 is 0 Å². The molecule has 228 valence electrons. The predicted molar refractivity (Wildman–Crippen MR) is 171 cm³/mol. The predicted octanol–water partition coefficient (Wildman–Crippen LogP) is 1.32. The summed E-state index contributed by atoms with van der Waals surface area (Å²) < 4.78 is 17.7. The van der Waals surface area contributed by atoms with E-state index >= 15 is 4.39 Å². The monoisotopic (exact) mass is 699 g/mol. The normalized spacial score (nSPS) is 11.3. The third kappa shape index (κ3) is 9.11. The maximum atomic E-state index is 15.6. The Morgan fingerprint density at radius 1 is 0.786 bits per heavy atom. The van der Waals surface area contributed by atoms with E-state index in [9.17, 15) is 0 Å².